The molecular weight excluding hydrogens is 274 g/mol. The van der Waals surface area contributed by atoms with Crippen LogP contribution in [0.25, 0.3) is 11.1 Å². The number of aryl methyl sites for hydroxylation is 1. The number of aliphatic hydroxyl groups excluding tert-OH is 1. The minimum atomic E-state index is -0.391. The summed E-state index contributed by atoms with van der Waals surface area (Å²) < 4.78 is 0. The van der Waals surface area contributed by atoms with E-state index >= 15 is 0 Å². The molecule has 1 N–H and O–H groups in total. The van der Waals surface area contributed by atoms with Crippen molar-refractivity contribution in [1.29, 1.82) is 0 Å². The summed E-state index contributed by atoms with van der Waals surface area (Å²) in [5, 5.41) is 9.74. The molecule has 3 nitrogen and oxygen atoms in total. The molecule has 0 saturated carbocycles. The average molecular weight is 295 g/mol. The molecule has 2 aromatic rings. The second-order valence-electron chi connectivity index (χ2n) is 6.00. The molecular formula is C19H21NO2. The lowest BCUT2D eigenvalue weighted by molar-refractivity contribution is 0.0474. The van der Waals surface area contributed by atoms with Gasteiger partial charge in [-0.1, -0.05) is 42.0 Å². The number of piperidine rings is 1. The summed E-state index contributed by atoms with van der Waals surface area (Å²) in [7, 11) is 0. The van der Waals surface area contributed by atoms with Crippen LogP contribution >= 0.6 is 0 Å². The Morgan fingerprint density at radius 2 is 1.86 bits per heavy atom. The normalized spacial score (nSPS) is 18.3. The van der Waals surface area contributed by atoms with Crippen LogP contribution in [0, 0.1) is 6.92 Å². The number of benzene rings is 2. The Bertz CT molecular complexity index is 681. The minimum absolute atomic E-state index is 0.00764. The van der Waals surface area contributed by atoms with E-state index in [0.717, 1.165) is 30.5 Å². The second-order valence-corrected chi connectivity index (χ2v) is 6.00. The molecule has 1 heterocycles. The van der Waals surface area contributed by atoms with Crippen molar-refractivity contribution in [2.24, 2.45) is 0 Å². The minimum Gasteiger partial charge on any atom is -0.391 e. The van der Waals surface area contributed by atoms with Crippen molar-refractivity contribution in [3.05, 3.63) is 59.7 Å². The van der Waals surface area contributed by atoms with Gasteiger partial charge in [-0.2, -0.15) is 0 Å². The first kappa shape index (κ1) is 14.8. The van der Waals surface area contributed by atoms with Crippen molar-refractivity contribution in [2.75, 3.05) is 13.1 Å². The number of carbonyl (C=O) groups is 1. The summed E-state index contributed by atoms with van der Waals surface area (Å²) in [6.45, 7) is 3.23. The highest BCUT2D eigenvalue weighted by Gasteiger charge is 2.23. The predicted molar refractivity (Wildman–Crippen MR) is 87.8 cm³/mol. The van der Waals surface area contributed by atoms with E-state index in [9.17, 15) is 9.90 Å². The number of rotatable bonds is 2. The van der Waals surface area contributed by atoms with E-state index < -0.39 is 6.10 Å². The van der Waals surface area contributed by atoms with Crippen LogP contribution in [0.3, 0.4) is 0 Å². The van der Waals surface area contributed by atoms with E-state index in [-0.39, 0.29) is 5.91 Å². The molecule has 2 aromatic carbocycles. The van der Waals surface area contributed by atoms with Crippen LogP contribution in [0.15, 0.2) is 48.5 Å². The van der Waals surface area contributed by atoms with Crippen molar-refractivity contribution >= 4 is 5.91 Å². The Balaban J connectivity index is 1.86. The van der Waals surface area contributed by atoms with Crippen molar-refractivity contribution < 1.29 is 9.90 Å². The molecule has 1 atom stereocenters. The van der Waals surface area contributed by atoms with Gasteiger partial charge in [0, 0.05) is 18.7 Å². The van der Waals surface area contributed by atoms with Crippen molar-refractivity contribution in [1.82, 2.24) is 4.90 Å². The van der Waals surface area contributed by atoms with Crippen LogP contribution < -0.4 is 0 Å². The number of hydrogen-bond acceptors (Lipinski definition) is 2. The predicted octanol–water partition coefficient (Wildman–Crippen LogP) is 3.26. The number of nitrogens with zero attached hydrogens (tertiary/aromatic N) is 1. The molecule has 1 unspecified atom stereocenters. The van der Waals surface area contributed by atoms with Gasteiger partial charge >= 0.3 is 0 Å². The molecule has 0 spiro atoms. The van der Waals surface area contributed by atoms with Gasteiger partial charge < -0.3 is 10.0 Å². The lowest BCUT2D eigenvalue weighted by atomic mass is 10.0. The van der Waals surface area contributed by atoms with E-state index in [1.165, 1.54) is 5.56 Å². The Labute approximate surface area is 131 Å². The number of carbonyl (C=O) groups excluding carboxylic acids is 1. The van der Waals surface area contributed by atoms with Crippen molar-refractivity contribution in [3.8, 4) is 11.1 Å². The molecule has 0 radical (unpaired) electrons. The highest BCUT2D eigenvalue weighted by Crippen LogP contribution is 2.23. The molecule has 0 aromatic heterocycles. The van der Waals surface area contributed by atoms with E-state index in [0.29, 0.717) is 12.1 Å². The molecule has 22 heavy (non-hydrogen) atoms. The van der Waals surface area contributed by atoms with Crippen LogP contribution in [0.2, 0.25) is 0 Å². The number of likely N-dealkylation sites (tertiary alicyclic amines) is 1. The summed E-state index contributed by atoms with van der Waals surface area (Å²) in [4.78, 5) is 14.4. The molecule has 0 bridgehead atoms. The fourth-order valence-electron chi connectivity index (χ4n) is 2.98. The quantitative estimate of drug-likeness (QED) is 0.924. The number of hydrogen-bond donors (Lipinski definition) is 1. The number of amides is 1. The molecule has 1 amide bonds. The first-order valence-corrected chi connectivity index (χ1v) is 7.78. The molecule has 3 rings (SSSR count). The molecule has 0 aliphatic carbocycles. The lowest BCUT2D eigenvalue weighted by Crippen LogP contribution is -2.42. The van der Waals surface area contributed by atoms with Crippen molar-refractivity contribution in [2.45, 2.75) is 25.9 Å². The van der Waals surface area contributed by atoms with Gasteiger partial charge in [0.05, 0.1) is 6.10 Å². The summed E-state index contributed by atoms with van der Waals surface area (Å²) in [5.41, 5.74) is 4.06. The van der Waals surface area contributed by atoms with Crippen LogP contribution in [-0.4, -0.2) is 35.1 Å². The zero-order chi connectivity index (χ0) is 15.5. The Hall–Kier alpha value is -2.13. The third-order valence-corrected chi connectivity index (χ3v) is 4.14. The topological polar surface area (TPSA) is 40.5 Å². The molecule has 1 aliphatic rings. The van der Waals surface area contributed by atoms with E-state index in [4.69, 9.17) is 0 Å². The highest BCUT2D eigenvalue weighted by molar-refractivity contribution is 5.95. The van der Waals surface area contributed by atoms with Crippen LogP contribution in [0.1, 0.15) is 28.8 Å². The summed E-state index contributed by atoms with van der Waals surface area (Å²) in [5.74, 6) is 0.00764. The maximum atomic E-state index is 12.6. The van der Waals surface area contributed by atoms with Gasteiger partial charge in [-0.25, -0.2) is 0 Å². The number of β-amino-alcohol motifs (C(OH)–C–C–N with tert-alkyl or cyclic N) is 1. The molecule has 1 saturated heterocycles. The Morgan fingerprint density at radius 3 is 2.59 bits per heavy atom. The first-order chi connectivity index (χ1) is 10.6. The Kier molecular flexibility index (Phi) is 4.25. The van der Waals surface area contributed by atoms with Gasteiger partial charge in [0.25, 0.3) is 5.91 Å². The zero-order valence-electron chi connectivity index (χ0n) is 12.8. The summed E-state index contributed by atoms with van der Waals surface area (Å²) >= 11 is 0. The van der Waals surface area contributed by atoms with Crippen LogP contribution in [0.5, 0.6) is 0 Å². The van der Waals surface area contributed by atoms with Gasteiger partial charge in [-0.3, -0.25) is 4.79 Å². The molecule has 1 fully saturated rings. The third kappa shape index (κ3) is 3.20. The molecule has 114 valence electrons. The Morgan fingerprint density at radius 1 is 1.14 bits per heavy atom. The van der Waals surface area contributed by atoms with E-state index in [1.54, 1.807) is 4.90 Å². The number of aliphatic hydroxyl groups is 1. The fraction of sp³-hybridized carbons (Fsp3) is 0.316. The van der Waals surface area contributed by atoms with E-state index in [2.05, 4.69) is 25.1 Å². The molecule has 3 heteroatoms. The molecule has 1 aliphatic heterocycles. The summed E-state index contributed by atoms with van der Waals surface area (Å²) in [6, 6.07) is 16.0. The average Bonchev–Trinajstić information content (AvgIpc) is 2.54. The highest BCUT2D eigenvalue weighted by atomic mass is 16.3. The zero-order valence-corrected chi connectivity index (χ0v) is 12.8. The standard InChI is InChI=1S/C19H21NO2/c1-14-5-2-6-15(11-14)16-7-3-8-17(12-16)19(22)20-10-4-9-18(21)13-20/h2-3,5-8,11-12,18,21H,4,9-10,13H2,1H3. The maximum absolute atomic E-state index is 12.6. The van der Waals surface area contributed by atoms with Crippen LogP contribution in [0.4, 0.5) is 0 Å². The van der Waals surface area contributed by atoms with Gasteiger partial charge in [-0.15, -0.1) is 0 Å². The SMILES string of the molecule is Cc1cccc(-c2cccc(C(=O)N3CCCC(O)C3)c2)c1. The maximum Gasteiger partial charge on any atom is 0.253 e. The van der Waals surface area contributed by atoms with Crippen molar-refractivity contribution in [3.63, 3.8) is 0 Å². The van der Waals surface area contributed by atoms with E-state index in [1.807, 2.05) is 30.3 Å². The second kappa shape index (κ2) is 6.32. The fourth-order valence-corrected chi connectivity index (χ4v) is 2.98. The summed E-state index contributed by atoms with van der Waals surface area (Å²) in [6.07, 6.45) is 1.26. The third-order valence-electron chi connectivity index (χ3n) is 4.14. The van der Waals surface area contributed by atoms with Gasteiger partial charge in [-0.05, 0) is 43.0 Å². The largest absolute Gasteiger partial charge is 0.391 e. The lowest BCUT2D eigenvalue weighted by Gasteiger charge is -2.30. The van der Waals surface area contributed by atoms with Crippen LogP contribution in [-0.2, 0) is 0 Å². The monoisotopic (exact) mass is 295 g/mol. The first-order valence-electron chi connectivity index (χ1n) is 7.78. The van der Waals surface area contributed by atoms with Gasteiger partial charge in [0.2, 0.25) is 0 Å². The van der Waals surface area contributed by atoms with Gasteiger partial charge in [0.15, 0.2) is 0 Å². The van der Waals surface area contributed by atoms with Gasteiger partial charge in [0.1, 0.15) is 0 Å². The smallest absolute Gasteiger partial charge is 0.253 e.